The van der Waals surface area contributed by atoms with Crippen molar-refractivity contribution in [1.29, 1.82) is 0 Å². The number of anilines is 1. The van der Waals surface area contributed by atoms with Gasteiger partial charge in [-0.1, -0.05) is 36.4 Å². The number of amides is 3. The quantitative estimate of drug-likeness (QED) is 0.662. The molecular weight excluding hydrogens is 428 g/mol. The van der Waals surface area contributed by atoms with Gasteiger partial charge < -0.3 is 19.6 Å². The SMILES string of the molecule is CCN(CC)C(=O)CN1CN(c2ccccc2)C2(CCN(C(=O)c3ccccc3C)CC2)C1=O. The van der Waals surface area contributed by atoms with Gasteiger partial charge in [0.15, 0.2) is 0 Å². The summed E-state index contributed by atoms with van der Waals surface area (Å²) in [5, 5.41) is 0. The standard InChI is InChI=1S/C27H34N4O3/c1-4-28(5-2)24(32)19-30-20-31(22-12-7-6-8-13-22)27(26(30)34)15-17-29(18-16-27)25(33)23-14-10-9-11-21(23)3/h6-14H,4-5,15-20H2,1-3H3. The Morgan fingerprint density at radius 1 is 0.941 bits per heavy atom. The van der Waals surface area contributed by atoms with Crippen LogP contribution in [0.5, 0.6) is 0 Å². The van der Waals surface area contributed by atoms with Crippen molar-refractivity contribution in [2.24, 2.45) is 0 Å². The molecule has 0 unspecified atom stereocenters. The van der Waals surface area contributed by atoms with Gasteiger partial charge in [0.1, 0.15) is 12.1 Å². The number of likely N-dealkylation sites (N-methyl/N-ethyl adjacent to an activating group) is 1. The molecule has 2 aromatic carbocycles. The van der Waals surface area contributed by atoms with Crippen LogP contribution < -0.4 is 4.90 Å². The minimum absolute atomic E-state index is 0.0122. The maximum absolute atomic E-state index is 13.8. The van der Waals surface area contributed by atoms with Crippen molar-refractivity contribution >= 4 is 23.4 Å². The molecule has 0 bridgehead atoms. The first-order valence-electron chi connectivity index (χ1n) is 12.2. The van der Waals surface area contributed by atoms with E-state index in [0.29, 0.717) is 51.3 Å². The zero-order valence-electron chi connectivity index (χ0n) is 20.4. The molecule has 2 aliphatic rings. The first-order valence-corrected chi connectivity index (χ1v) is 12.2. The number of rotatable bonds is 6. The zero-order valence-corrected chi connectivity index (χ0v) is 20.4. The number of likely N-dealkylation sites (tertiary alicyclic amines) is 1. The fraction of sp³-hybridized carbons (Fsp3) is 0.444. The molecule has 0 aromatic heterocycles. The van der Waals surface area contributed by atoms with Crippen LogP contribution >= 0.6 is 0 Å². The van der Waals surface area contributed by atoms with Crippen LogP contribution in [0.3, 0.4) is 0 Å². The van der Waals surface area contributed by atoms with Gasteiger partial charge in [0, 0.05) is 37.4 Å². The summed E-state index contributed by atoms with van der Waals surface area (Å²) in [7, 11) is 0. The Morgan fingerprint density at radius 3 is 2.18 bits per heavy atom. The molecule has 7 heteroatoms. The zero-order chi connectivity index (χ0) is 24.3. The van der Waals surface area contributed by atoms with Crippen LogP contribution in [-0.4, -0.2) is 77.4 Å². The van der Waals surface area contributed by atoms with Crippen LogP contribution in [0.1, 0.15) is 42.6 Å². The lowest BCUT2D eigenvalue weighted by Gasteiger charge is -2.43. The van der Waals surface area contributed by atoms with E-state index in [1.165, 1.54) is 0 Å². The molecule has 0 N–H and O–H groups in total. The third-order valence-electron chi connectivity index (χ3n) is 7.28. The molecule has 7 nitrogen and oxygen atoms in total. The van der Waals surface area contributed by atoms with Crippen LogP contribution in [0.2, 0.25) is 0 Å². The number of piperidine rings is 1. The monoisotopic (exact) mass is 462 g/mol. The summed E-state index contributed by atoms with van der Waals surface area (Å²) in [5.41, 5.74) is 1.89. The molecule has 0 radical (unpaired) electrons. The van der Waals surface area contributed by atoms with Crippen LogP contribution in [0.15, 0.2) is 54.6 Å². The van der Waals surface area contributed by atoms with Gasteiger partial charge >= 0.3 is 0 Å². The van der Waals surface area contributed by atoms with Gasteiger partial charge in [-0.15, -0.1) is 0 Å². The minimum Gasteiger partial charge on any atom is -0.342 e. The van der Waals surface area contributed by atoms with E-state index in [1.807, 2.05) is 80.3 Å². The molecule has 0 aliphatic carbocycles. The summed E-state index contributed by atoms with van der Waals surface area (Å²) < 4.78 is 0. The number of hydrogen-bond donors (Lipinski definition) is 0. The van der Waals surface area contributed by atoms with Crippen molar-refractivity contribution in [2.45, 2.75) is 39.2 Å². The number of carbonyl (C=O) groups is 3. The van der Waals surface area contributed by atoms with Gasteiger partial charge in [-0.3, -0.25) is 14.4 Å². The Labute approximate surface area is 201 Å². The number of aryl methyl sites for hydroxylation is 1. The number of nitrogens with zero attached hydrogens (tertiary/aromatic N) is 4. The lowest BCUT2D eigenvalue weighted by Crippen LogP contribution is -2.57. The second-order valence-electron chi connectivity index (χ2n) is 9.11. The molecule has 1 spiro atoms. The molecule has 0 atom stereocenters. The van der Waals surface area contributed by atoms with E-state index in [-0.39, 0.29) is 24.3 Å². The highest BCUT2D eigenvalue weighted by Crippen LogP contribution is 2.39. The van der Waals surface area contributed by atoms with Gasteiger partial charge in [-0.25, -0.2) is 0 Å². The number of carbonyl (C=O) groups excluding carboxylic acids is 3. The maximum Gasteiger partial charge on any atom is 0.254 e. The first-order chi connectivity index (χ1) is 16.4. The third kappa shape index (κ3) is 4.27. The summed E-state index contributed by atoms with van der Waals surface area (Å²) in [6.07, 6.45) is 1.07. The Morgan fingerprint density at radius 2 is 1.56 bits per heavy atom. The van der Waals surface area contributed by atoms with Gasteiger partial charge in [-0.2, -0.15) is 0 Å². The van der Waals surface area contributed by atoms with Crippen molar-refractivity contribution < 1.29 is 14.4 Å². The highest BCUT2D eigenvalue weighted by Gasteiger charge is 2.54. The summed E-state index contributed by atoms with van der Waals surface area (Å²) >= 11 is 0. The molecule has 180 valence electrons. The van der Waals surface area contributed by atoms with E-state index < -0.39 is 5.54 Å². The van der Waals surface area contributed by atoms with Crippen molar-refractivity contribution in [2.75, 3.05) is 44.3 Å². The number of benzene rings is 2. The van der Waals surface area contributed by atoms with Gasteiger partial charge in [0.2, 0.25) is 5.91 Å². The Bertz CT molecular complexity index is 1040. The molecule has 2 fully saturated rings. The highest BCUT2D eigenvalue weighted by atomic mass is 16.2. The van der Waals surface area contributed by atoms with E-state index in [4.69, 9.17) is 0 Å². The first kappa shape index (κ1) is 23.8. The molecule has 2 aromatic rings. The Hall–Kier alpha value is -3.35. The molecule has 3 amide bonds. The van der Waals surface area contributed by atoms with Gasteiger partial charge in [0.25, 0.3) is 11.8 Å². The molecule has 2 aliphatic heterocycles. The summed E-state index contributed by atoms with van der Waals surface area (Å²) in [6.45, 7) is 8.56. The predicted molar refractivity (Wildman–Crippen MR) is 132 cm³/mol. The van der Waals surface area contributed by atoms with Crippen molar-refractivity contribution in [1.82, 2.24) is 14.7 Å². The third-order valence-corrected chi connectivity index (χ3v) is 7.28. The molecule has 2 heterocycles. The lowest BCUT2D eigenvalue weighted by atomic mass is 9.85. The van der Waals surface area contributed by atoms with Gasteiger partial charge in [-0.05, 0) is 57.4 Å². The topological polar surface area (TPSA) is 64.2 Å². The number of hydrogen-bond acceptors (Lipinski definition) is 4. The summed E-state index contributed by atoms with van der Waals surface area (Å²) in [4.78, 5) is 47.2. The molecular formula is C27H34N4O3. The fourth-order valence-electron chi connectivity index (χ4n) is 5.22. The van der Waals surface area contributed by atoms with Crippen molar-refractivity contribution in [3.05, 3.63) is 65.7 Å². The fourth-order valence-corrected chi connectivity index (χ4v) is 5.22. The van der Waals surface area contributed by atoms with Crippen LogP contribution in [-0.2, 0) is 9.59 Å². The second kappa shape index (κ2) is 9.87. The normalized spacial score (nSPS) is 17.4. The van der Waals surface area contributed by atoms with E-state index in [1.54, 1.807) is 9.80 Å². The van der Waals surface area contributed by atoms with Gasteiger partial charge in [0.05, 0.1) is 6.67 Å². The largest absolute Gasteiger partial charge is 0.342 e. The summed E-state index contributed by atoms with van der Waals surface area (Å²) in [5.74, 6) is -0.0337. The molecule has 34 heavy (non-hydrogen) atoms. The van der Waals surface area contributed by atoms with Crippen molar-refractivity contribution in [3.63, 3.8) is 0 Å². The lowest BCUT2D eigenvalue weighted by molar-refractivity contribution is -0.140. The van der Waals surface area contributed by atoms with E-state index in [2.05, 4.69) is 4.90 Å². The molecule has 4 rings (SSSR count). The molecule has 2 saturated heterocycles. The smallest absolute Gasteiger partial charge is 0.254 e. The second-order valence-corrected chi connectivity index (χ2v) is 9.11. The van der Waals surface area contributed by atoms with Crippen LogP contribution in [0.4, 0.5) is 5.69 Å². The van der Waals surface area contributed by atoms with Crippen LogP contribution in [0, 0.1) is 6.92 Å². The number of para-hydroxylation sites is 1. The molecule has 0 saturated carbocycles. The Kier molecular flexibility index (Phi) is 6.91. The van der Waals surface area contributed by atoms with E-state index >= 15 is 0 Å². The maximum atomic E-state index is 13.8. The van der Waals surface area contributed by atoms with E-state index in [9.17, 15) is 14.4 Å². The van der Waals surface area contributed by atoms with Crippen LogP contribution in [0.25, 0.3) is 0 Å². The average molecular weight is 463 g/mol. The minimum atomic E-state index is -0.743. The average Bonchev–Trinajstić information content (AvgIpc) is 3.12. The summed E-state index contributed by atoms with van der Waals surface area (Å²) in [6, 6.07) is 17.5. The highest BCUT2D eigenvalue weighted by molar-refractivity contribution is 5.98. The van der Waals surface area contributed by atoms with E-state index in [0.717, 1.165) is 11.3 Å². The van der Waals surface area contributed by atoms with Crippen molar-refractivity contribution in [3.8, 4) is 0 Å². The Balaban J connectivity index is 1.57. The predicted octanol–water partition coefficient (Wildman–Crippen LogP) is 3.14.